The van der Waals surface area contributed by atoms with E-state index in [9.17, 15) is 5.11 Å². The molecule has 1 unspecified atom stereocenters. The van der Waals surface area contributed by atoms with Gasteiger partial charge in [0.1, 0.15) is 0 Å². The van der Waals surface area contributed by atoms with E-state index in [1.54, 1.807) is 0 Å². The van der Waals surface area contributed by atoms with Gasteiger partial charge in [0.2, 0.25) is 0 Å². The van der Waals surface area contributed by atoms with Crippen molar-refractivity contribution >= 4 is 0 Å². The van der Waals surface area contributed by atoms with Gasteiger partial charge in [0.05, 0.1) is 16.8 Å². The Hall–Kier alpha value is -0.120. The third-order valence-corrected chi connectivity index (χ3v) is 4.89. The molecule has 2 aliphatic heterocycles. The molecule has 3 nitrogen and oxygen atoms in total. The monoisotopic (exact) mass is 255 g/mol. The van der Waals surface area contributed by atoms with Gasteiger partial charge in [-0.2, -0.15) is 0 Å². The Kier molecular flexibility index (Phi) is 3.54. The summed E-state index contributed by atoms with van der Waals surface area (Å²) in [4.78, 5) is 2.42. The molecule has 2 saturated heterocycles. The molecule has 2 fully saturated rings. The summed E-state index contributed by atoms with van der Waals surface area (Å²) in [6.45, 7) is 13.9. The van der Waals surface area contributed by atoms with Crippen LogP contribution < -0.4 is 0 Å². The van der Waals surface area contributed by atoms with Crippen molar-refractivity contribution in [1.29, 1.82) is 0 Å². The molecule has 106 valence electrons. The van der Waals surface area contributed by atoms with Gasteiger partial charge in [-0.15, -0.1) is 0 Å². The van der Waals surface area contributed by atoms with Crippen LogP contribution in [0.3, 0.4) is 0 Å². The van der Waals surface area contributed by atoms with Crippen molar-refractivity contribution in [3.8, 4) is 0 Å². The van der Waals surface area contributed by atoms with E-state index in [2.05, 4.69) is 39.5 Å². The van der Waals surface area contributed by atoms with E-state index in [0.29, 0.717) is 0 Å². The number of ether oxygens (including phenoxy) is 1. The van der Waals surface area contributed by atoms with Gasteiger partial charge in [-0.3, -0.25) is 0 Å². The van der Waals surface area contributed by atoms with E-state index in [1.165, 1.54) is 0 Å². The summed E-state index contributed by atoms with van der Waals surface area (Å²) in [6.07, 6.45) is 2.73. The zero-order valence-corrected chi connectivity index (χ0v) is 12.6. The molecule has 0 amide bonds. The fourth-order valence-corrected chi connectivity index (χ4v) is 4.00. The quantitative estimate of drug-likeness (QED) is 0.822. The molecule has 0 aromatic carbocycles. The first-order valence-electron chi connectivity index (χ1n) is 7.33. The number of likely N-dealkylation sites (tertiary alicyclic amines) is 1. The Morgan fingerprint density at radius 2 is 1.72 bits per heavy atom. The van der Waals surface area contributed by atoms with E-state index >= 15 is 0 Å². The van der Waals surface area contributed by atoms with Gasteiger partial charge in [0, 0.05) is 19.0 Å². The summed E-state index contributed by atoms with van der Waals surface area (Å²) in [5.41, 5.74) is -0.860. The molecule has 2 heterocycles. The maximum absolute atomic E-state index is 11.0. The number of hydrogen-bond acceptors (Lipinski definition) is 3. The van der Waals surface area contributed by atoms with Gasteiger partial charge in [0.15, 0.2) is 0 Å². The minimum Gasteiger partial charge on any atom is -0.389 e. The van der Waals surface area contributed by atoms with Crippen LogP contribution in [-0.4, -0.2) is 46.4 Å². The van der Waals surface area contributed by atoms with Crippen LogP contribution in [0.5, 0.6) is 0 Å². The predicted octanol–water partition coefficient (Wildman–Crippen LogP) is 2.43. The zero-order valence-electron chi connectivity index (χ0n) is 12.6. The van der Waals surface area contributed by atoms with Crippen LogP contribution in [-0.2, 0) is 4.74 Å². The van der Waals surface area contributed by atoms with Gasteiger partial charge in [-0.25, -0.2) is 0 Å². The van der Waals surface area contributed by atoms with E-state index in [0.717, 1.165) is 38.9 Å². The topological polar surface area (TPSA) is 32.7 Å². The van der Waals surface area contributed by atoms with Crippen LogP contribution >= 0.6 is 0 Å². The molecule has 0 aliphatic carbocycles. The first kappa shape index (κ1) is 14.3. The van der Waals surface area contributed by atoms with Crippen LogP contribution in [0.25, 0.3) is 0 Å². The summed E-state index contributed by atoms with van der Waals surface area (Å²) < 4.78 is 6.15. The molecule has 0 spiro atoms. The highest BCUT2D eigenvalue weighted by atomic mass is 16.5. The molecule has 1 atom stereocenters. The third kappa shape index (κ3) is 2.59. The molecular formula is C15H29NO2. The molecule has 0 aromatic rings. The van der Waals surface area contributed by atoms with E-state index in [-0.39, 0.29) is 17.1 Å². The molecule has 0 radical (unpaired) electrons. The molecule has 18 heavy (non-hydrogen) atoms. The lowest BCUT2D eigenvalue weighted by molar-refractivity contribution is -0.129. The average molecular weight is 255 g/mol. The van der Waals surface area contributed by atoms with Crippen LogP contribution in [0.1, 0.15) is 53.9 Å². The van der Waals surface area contributed by atoms with E-state index in [4.69, 9.17) is 4.74 Å². The normalized spacial score (nSPS) is 34.7. The highest BCUT2D eigenvalue weighted by Gasteiger charge is 2.55. The summed E-state index contributed by atoms with van der Waals surface area (Å²) in [5, 5.41) is 11.0. The van der Waals surface area contributed by atoms with Crippen molar-refractivity contribution in [2.24, 2.45) is 5.92 Å². The Balaban J connectivity index is 2.11. The Bertz CT molecular complexity index is 304. The number of nitrogens with zero attached hydrogens (tertiary/aromatic N) is 1. The maximum Gasteiger partial charge on any atom is 0.0728 e. The highest BCUT2D eigenvalue weighted by molar-refractivity contribution is 5.05. The molecule has 2 aliphatic rings. The first-order chi connectivity index (χ1) is 8.19. The second kappa shape index (κ2) is 4.46. The molecule has 0 bridgehead atoms. The second-order valence-electron chi connectivity index (χ2n) is 7.26. The lowest BCUT2D eigenvalue weighted by Gasteiger charge is -2.45. The second-order valence-corrected chi connectivity index (χ2v) is 7.26. The van der Waals surface area contributed by atoms with Crippen molar-refractivity contribution in [3.05, 3.63) is 0 Å². The van der Waals surface area contributed by atoms with Crippen molar-refractivity contribution in [2.45, 2.75) is 70.7 Å². The molecule has 0 aromatic heterocycles. The van der Waals surface area contributed by atoms with E-state index in [1.807, 2.05) is 0 Å². The first-order valence-corrected chi connectivity index (χ1v) is 7.33. The zero-order chi connectivity index (χ0) is 13.6. The number of piperidine rings is 1. The van der Waals surface area contributed by atoms with Crippen molar-refractivity contribution in [2.75, 3.05) is 19.6 Å². The predicted molar refractivity (Wildman–Crippen MR) is 73.6 cm³/mol. The Morgan fingerprint density at radius 1 is 1.17 bits per heavy atom. The largest absolute Gasteiger partial charge is 0.389 e. The fraction of sp³-hybridized carbons (Fsp3) is 1.00. The average Bonchev–Trinajstić information content (AvgIpc) is 2.48. The fourth-order valence-electron chi connectivity index (χ4n) is 4.00. The number of hydrogen-bond donors (Lipinski definition) is 1. The van der Waals surface area contributed by atoms with E-state index < -0.39 is 5.60 Å². The molecule has 3 heteroatoms. The van der Waals surface area contributed by atoms with Crippen LogP contribution in [0.4, 0.5) is 0 Å². The van der Waals surface area contributed by atoms with Crippen LogP contribution in [0.15, 0.2) is 0 Å². The standard InChI is InChI=1S/C15H29NO2/c1-6-16-9-7-15(17,8-10-16)12-11-13(2,3)18-14(12,4)5/h12,17H,6-11H2,1-5H3. The Morgan fingerprint density at radius 3 is 2.11 bits per heavy atom. The summed E-state index contributed by atoms with van der Waals surface area (Å²) in [6, 6.07) is 0. The summed E-state index contributed by atoms with van der Waals surface area (Å²) in [7, 11) is 0. The SMILES string of the molecule is CCN1CCC(O)(C2CC(C)(C)OC2(C)C)CC1. The van der Waals surface area contributed by atoms with Gasteiger partial charge >= 0.3 is 0 Å². The van der Waals surface area contributed by atoms with Gasteiger partial charge in [-0.1, -0.05) is 6.92 Å². The molecule has 0 saturated carbocycles. The maximum atomic E-state index is 11.0. The van der Waals surface area contributed by atoms with Gasteiger partial charge in [0.25, 0.3) is 0 Å². The minimum atomic E-state index is -0.539. The summed E-state index contributed by atoms with van der Waals surface area (Å²) in [5.74, 6) is 0.249. The number of rotatable bonds is 2. The molecular weight excluding hydrogens is 226 g/mol. The van der Waals surface area contributed by atoms with Crippen molar-refractivity contribution in [1.82, 2.24) is 4.90 Å². The van der Waals surface area contributed by atoms with Crippen molar-refractivity contribution < 1.29 is 9.84 Å². The highest BCUT2D eigenvalue weighted by Crippen LogP contribution is 2.49. The summed E-state index contributed by atoms with van der Waals surface area (Å²) >= 11 is 0. The molecule has 2 rings (SSSR count). The van der Waals surface area contributed by atoms with Gasteiger partial charge in [-0.05, 0) is 53.5 Å². The lowest BCUT2D eigenvalue weighted by atomic mass is 9.70. The lowest BCUT2D eigenvalue weighted by Crippen LogP contribution is -2.53. The molecule has 1 N–H and O–H groups in total. The third-order valence-electron chi connectivity index (χ3n) is 4.89. The Labute approximate surface area is 112 Å². The smallest absolute Gasteiger partial charge is 0.0728 e. The van der Waals surface area contributed by atoms with Gasteiger partial charge < -0.3 is 14.7 Å². The van der Waals surface area contributed by atoms with Crippen LogP contribution in [0.2, 0.25) is 0 Å². The number of aliphatic hydroxyl groups is 1. The van der Waals surface area contributed by atoms with Crippen molar-refractivity contribution in [3.63, 3.8) is 0 Å². The minimum absolute atomic E-state index is 0.105. The van der Waals surface area contributed by atoms with Crippen LogP contribution in [0, 0.1) is 5.92 Å².